The third-order valence-corrected chi connectivity index (χ3v) is 2.05. The fraction of sp³-hybridized carbons (Fsp3) is 0.429. The molecule has 104 valence electrons. The summed E-state index contributed by atoms with van der Waals surface area (Å²) in [6.45, 7) is 5.13. The molecule has 0 aliphatic heterocycles. The van der Waals surface area contributed by atoms with Crippen molar-refractivity contribution in [3.8, 4) is 5.75 Å². The van der Waals surface area contributed by atoms with Gasteiger partial charge in [-0.1, -0.05) is 18.2 Å². The number of likely N-dealkylation sites (N-methyl/N-ethyl adjacent to an activating group) is 1. The molecule has 1 aromatic rings. The molecule has 0 N–H and O–H groups in total. The number of ether oxygens (including phenoxy) is 2. The van der Waals surface area contributed by atoms with Gasteiger partial charge in [-0.2, -0.15) is 0 Å². The zero-order chi connectivity index (χ0) is 14.5. The Morgan fingerprint density at radius 2 is 1.74 bits per heavy atom. The van der Waals surface area contributed by atoms with Crippen LogP contribution in [-0.4, -0.2) is 36.2 Å². The maximum Gasteiger partial charge on any atom is 0.410 e. The van der Waals surface area contributed by atoms with Crippen LogP contribution >= 0.6 is 0 Å². The maximum atomic E-state index is 11.6. The van der Waals surface area contributed by atoms with E-state index in [2.05, 4.69) is 0 Å². The minimum atomic E-state index is -0.589. The predicted molar refractivity (Wildman–Crippen MR) is 70.9 cm³/mol. The quantitative estimate of drug-likeness (QED) is 0.622. The first-order valence-corrected chi connectivity index (χ1v) is 5.98. The number of hydrogen-bond donors (Lipinski definition) is 0. The monoisotopic (exact) mass is 265 g/mol. The van der Waals surface area contributed by atoms with Gasteiger partial charge in [0.15, 0.2) is 0 Å². The topological polar surface area (TPSA) is 55.8 Å². The van der Waals surface area contributed by atoms with Gasteiger partial charge in [0, 0.05) is 7.05 Å². The van der Waals surface area contributed by atoms with Crippen molar-refractivity contribution in [3.05, 3.63) is 30.3 Å². The molecule has 0 unspecified atom stereocenters. The predicted octanol–water partition coefficient (Wildman–Crippen LogP) is 2.46. The molecule has 19 heavy (non-hydrogen) atoms. The van der Waals surface area contributed by atoms with Crippen molar-refractivity contribution in [2.75, 3.05) is 13.6 Å². The van der Waals surface area contributed by atoms with Crippen LogP contribution in [0.25, 0.3) is 0 Å². The highest BCUT2D eigenvalue weighted by atomic mass is 16.6. The summed E-state index contributed by atoms with van der Waals surface area (Å²) in [6.07, 6.45) is -0.558. The second kappa shape index (κ2) is 6.22. The van der Waals surface area contributed by atoms with E-state index in [1.807, 2.05) is 6.07 Å². The van der Waals surface area contributed by atoms with E-state index in [1.165, 1.54) is 11.9 Å². The van der Waals surface area contributed by atoms with Crippen molar-refractivity contribution in [2.24, 2.45) is 0 Å². The van der Waals surface area contributed by atoms with Crippen molar-refractivity contribution in [2.45, 2.75) is 26.4 Å². The molecule has 0 fully saturated rings. The number of carbonyl (C=O) groups excluding carboxylic acids is 2. The molecule has 5 heteroatoms. The average molecular weight is 265 g/mol. The van der Waals surface area contributed by atoms with Crippen molar-refractivity contribution in [1.82, 2.24) is 4.90 Å². The van der Waals surface area contributed by atoms with Crippen LogP contribution in [0.4, 0.5) is 4.79 Å². The standard InChI is InChI=1S/C14H19NO4/c1-14(2,3)19-13(17)15(4)10-12(16)18-11-8-6-5-7-9-11/h5-9H,10H2,1-4H3. The molecule has 0 spiro atoms. The van der Waals surface area contributed by atoms with Gasteiger partial charge in [-0.15, -0.1) is 0 Å². The summed E-state index contributed by atoms with van der Waals surface area (Å²) in [5.41, 5.74) is -0.589. The molecular weight excluding hydrogens is 246 g/mol. The Morgan fingerprint density at radius 1 is 1.16 bits per heavy atom. The molecule has 0 radical (unpaired) electrons. The summed E-state index contributed by atoms with van der Waals surface area (Å²) in [6, 6.07) is 8.70. The van der Waals surface area contributed by atoms with Crippen molar-refractivity contribution < 1.29 is 19.1 Å². The van der Waals surface area contributed by atoms with Gasteiger partial charge in [0.05, 0.1) is 0 Å². The number of esters is 1. The molecule has 1 rings (SSSR count). The van der Waals surface area contributed by atoms with Crippen LogP contribution < -0.4 is 4.74 Å². The van der Waals surface area contributed by atoms with E-state index in [4.69, 9.17) is 9.47 Å². The summed E-state index contributed by atoms with van der Waals surface area (Å²) in [4.78, 5) is 24.4. The highest BCUT2D eigenvalue weighted by molar-refractivity contribution is 5.79. The van der Waals surface area contributed by atoms with E-state index in [9.17, 15) is 9.59 Å². The van der Waals surface area contributed by atoms with Gasteiger partial charge in [-0.3, -0.25) is 0 Å². The summed E-state index contributed by atoms with van der Waals surface area (Å²) >= 11 is 0. The molecule has 0 aliphatic rings. The normalized spacial score (nSPS) is 10.7. The Bertz CT molecular complexity index is 437. The smallest absolute Gasteiger partial charge is 0.410 e. The van der Waals surface area contributed by atoms with Crippen LogP contribution in [0.2, 0.25) is 0 Å². The van der Waals surface area contributed by atoms with Gasteiger partial charge >= 0.3 is 12.1 Å². The third kappa shape index (κ3) is 5.90. The number of para-hydroxylation sites is 1. The van der Waals surface area contributed by atoms with E-state index in [-0.39, 0.29) is 6.54 Å². The molecule has 0 atom stereocenters. The number of benzene rings is 1. The Hall–Kier alpha value is -2.04. The SMILES string of the molecule is CN(CC(=O)Oc1ccccc1)C(=O)OC(C)(C)C. The molecule has 0 saturated carbocycles. The molecule has 0 aromatic heterocycles. The van der Waals surface area contributed by atoms with Crippen LogP contribution in [0.5, 0.6) is 5.75 Å². The zero-order valence-electron chi connectivity index (χ0n) is 11.7. The number of hydrogen-bond acceptors (Lipinski definition) is 4. The molecule has 0 saturated heterocycles. The van der Waals surface area contributed by atoms with E-state index < -0.39 is 17.7 Å². The lowest BCUT2D eigenvalue weighted by Crippen LogP contribution is -2.38. The Labute approximate surface area is 113 Å². The van der Waals surface area contributed by atoms with Gasteiger partial charge in [0.25, 0.3) is 0 Å². The molecule has 1 amide bonds. The largest absolute Gasteiger partial charge is 0.444 e. The lowest BCUT2D eigenvalue weighted by molar-refractivity contribution is -0.135. The maximum absolute atomic E-state index is 11.6. The third-order valence-electron chi connectivity index (χ3n) is 2.05. The fourth-order valence-electron chi connectivity index (χ4n) is 1.25. The average Bonchev–Trinajstić information content (AvgIpc) is 2.27. The lowest BCUT2D eigenvalue weighted by atomic mass is 10.2. The van der Waals surface area contributed by atoms with Crippen molar-refractivity contribution in [3.63, 3.8) is 0 Å². The van der Waals surface area contributed by atoms with Crippen LogP contribution in [0.1, 0.15) is 20.8 Å². The highest BCUT2D eigenvalue weighted by Gasteiger charge is 2.21. The van der Waals surface area contributed by atoms with Gasteiger partial charge in [0.1, 0.15) is 17.9 Å². The molecule has 0 heterocycles. The number of amides is 1. The first-order valence-electron chi connectivity index (χ1n) is 5.98. The number of nitrogens with zero attached hydrogens (tertiary/aromatic N) is 1. The van der Waals surface area contributed by atoms with E-state index >= 15 is 0 Å². The van der Waals surface area contributed by atoms with E-state index in [1.54, 1.807) is 45.0 Å². The van der Waals surface area contributed by atoms with Gasteiger partial charge < -0.3 is 14.4 Å². The Morgan fingerprint density at radius 3 is 2.26 bits per heavy atom. The lowest BCUT2D eigenvalue weighted by Gasteiger charge is -2.24. The number of rotatable bonds is 3. The van der Waals surface area contributed by atoms with Crippen molar-refractivity contribution >= 4 is 12.1 Å². The minimum absolute atomic E-state index is 0.163. The molecular formula is C14H19NO4. The Kier molecular flexibility index (Phi) is 4.92. The van der Waals surface area contributed by atoms with Crippen LogP contribution in [0.15, 0.2) is 30.3 Å². The second-order valence-corrected chi connectivity index (χ2v) is 5.12. The highest BCUT2D eigenvalue weighted by Crippen LogP contribution is 2.10. The van der Waals surface area contributed by atoms with Crippen LogP contribution in [0.3, 0.4) is 0 Å². The van der Waals surface area contributed by atoms with E-state index in [0.29, 0.717) is 5.75 Å². The first kappa shape index (κ1) is 15.0. The molecule has 0 aliphatic carbocycles. The van der Waals surface area contributed by atoms with Gasteiger partial charge in [-0.25, -0.2) is 9.59 Å². The Balaban J connectivity index is 2.46. The van der Waals surface area contributed by atoms with Crippen LogP contribution in [-0.2, 0) is 9.53 Å². The summed E-state index contributed by atoms with van der Waals surface area (Å²) in [7, 11) is 1.49. The second-order valence-electron chi connectivity index (χ2n) is 5.12. The van der Waals surface area contributed by atoms with E-state index in [0.717, 1.165) is 0 Å². The zero-order valence-corrected chi connectivity index (χ0v) is 11.7. The summed E-state index contributed by atoms with van der Waals surface area (Å²) in [5.74, 6) is -0.0651. The fourth-order valence-corrected chi connectivity index (χ4v) is 1.25. The number of carbonyl (C=O) groups is 2. The minimum Gasteiger partial charge on any atom is -0.444 e. The molecule has 5 nitrogen and oxygen atoms in total. The molecule has 1 aromatic carbocycles. The first-order chi connectivity index (χ1) is 8.78. The van der Waals surface area contributed by atoms with Crippen LogP contribution in [0, 0.1) is 0 Å². The van der Waals surface area contributed by atoms with Gasteiger partial charge in [-0.05, 0) is 32.9 Å². The van der Waals surface area contributed by atoms with Crippen molar-refractivity contribution in [1.29, 1.82) is 0 Å². The van der Waals surface area contributed by atoms with Gasteiger partial charge in [0.2, 0.25) is 0 Å². The summed E-state index contributed by atoms with van der Waals surface area (Å²) in [5, 5.41) is 0. The summed E-state index contributed by atoms with van der Waals surface area (Å²) < 4.78 is 10.2. The molecule has 0 bridgehead atoms.